The minimum Gasteiger partial charge on any atom is -0.492 e. The first kappa shape index (κ1) is 21.4. The molecule has 2 amide bonds. The van der Waals surface area contributed by atoms with Crippen LogP contribution in [0.2, 0.25) is 5.02 Å². The van der Waals surface area contributed by atoms with Crippen LogP contribution in [-0.2, 0) is 4.84 Å². The maximum atomic E-state index is 12.5. The third kappa shape index (κ3) is 4.80. The Labute approximate surface area is 177 Å². The number of halogens is 1. The molecule has 9 nitrogen and oxygen atoms in total. The van der Waals surface area contributed by atoms with Crippen molar-refractivity contribution in [2.45, 2.75) is 6.92 Å². The number of anilines is 1. The van der Waals surface area contributed by atoms with Crippen molar-refractivity contribution in [3.63, 3.8) is 0 Å². The van der Waals surface area contributed by atoms with Crippen molar-refractivity contribution in [1.29, 1.82) is 0 Å². The molecule has 10 heteroatoms. The second-order valence-electron chi connectivity index (χ2n) is 6.43. The minimum absolute atomic E-state index is 0.198. The highest BCUT2D eigenvalue weighted by Crippen LogP contribution is 2.27. The van der Waals surface area contributed by atoms with E-state index in [-0.39, 0.29) is 24.3 Å². The molecule has 2 aromatic carbocycles. The standard InChI is InChI=1S/C20H20ClN3O6/c1-2-22(15-5-3-14(21)4-6-15)9-11-29-16-7-8-17-18(13-16)20(26)23(19(17)25)10-12-30-24(27)28/h3-8,13H,2,9-12H2,1H3. The van der Waals surface area contributed by atoms with Crippen LogP contribution in [0.25, 0.3) is 0 Å². The maximum absolute atomic E-state index is 12.5. The summed E-state index contributed by atoms with van der Waals surface area (Å²) in [7, 11) is 0. The number of imide groups is 1. The van der Waals surface area contributed by atoms with Crippen LogP contribution in [0.3, 0.4) is 0 Å². The number of hydrogen-bond acceptors (Lipinski definition) is 7. The smallest absolute Gasteiger partial charge is 0.294 e. The lowest BCUT2D eigenvalue weighted by atomic mass is 10.1. The molecule has 0 saturated heterocycles. The SMILES string of the molecule is CCN(CCOc1ccc2c(c1)C(=O)N(CCO[N+](=O)[O-])C2=O)c1ccc(Cl)cc1. The van der Waals surface area contributed by atoms with Gasteiger partial charge in [-0.05, 0) is 49.4 Å². The van der Waals surface area contributed by atoms with Gasteiger partial charge < -0.3 is 14.5 Å². The van der Waals surface area contributed by atoms with Crippen molar-refractivity contribution in [3.05, 3.63) is 68.7 Å². The van der Waals surface area contributed by atoms with Crippen molar-refractivity contribution in [1.82, 2.24) is 4.90 Å². The number of carbonyl (C=O) groups excluding carboxylic acids is 2. The zero-order valence-corrected chi connectivity index (χ0v) is 17.0. The molecule has 0 atom stereocenters. The van der Waals surface area contributed by atoms with Crippen LogP contribution in [-0.4, -0.2) is 54.6 Å². The average molecular weight is 434 g/mol. The summed E-state index contributed by atoms with van der Waals surface area (Å²) in [5, 5.41) is 9.95. The van der Waals surface area contributed by atoms with E-state index < -0.39 is 16.9 Å². The lowest BCUT2D eigenvalue weighted by Gasteiger charge is -2.23. The molecule has 2 aromatic rings. The van der Waals surface area contributed by atoms with E-state index in [2.05, 4.69) is 9.74 Å². The van der Waals surface area contributed by atoms with E-state index in [0.29, 0.717) is 23.9 Å². The van der Waals surface area contributed by atoms with Gasteiger partial charge in [-0.25, -0.2) is 0 Å². The molecular weight excluding hydrogens is 414 g/mol. The first-order valence-corrected chi connectivity index (χ1v) is 9.69. The van der Waals surface area contributed by atoms with Gasteiger partial charge in [-0.15, -0.1) is 10.1 Å². The second-order valence-corrected chi connectivity index (χ2v) is 6.87. The van der Waals surface area contributed by atoms with Crippen LogP contribution in [0.4, 0.5) is 5.69 Å². The maximum Gasteiger partial charge on any atom is 0.294 e. The van der Waals surface area contributed by atoms with E-state index in [0.717, 1.165) is 17.1 Å². The van der Waals surface area contributed by atoms with Gasteiger partial charge in [0.05, 0.1) is 24.2 Å². The van der Waals surface area contributed by atoms with Gasteiger partial charge in [0.25, 0.3) is 16.9 Å². The molecular formula is C20H20ClN3O6. The Bertz CT molecular complexity index is 950. The lowest BCUT2D eigenvalue weighted by molar-refractivity contribution is -0.757. The zero-order valence-electron chi connectivity index (χ0n) is 16.2. The summed E-state index contributed by atoms with van der Waals surface area (Å²) >= 11 is 5.93. The molecule has 0 radical (unpaired) electrons. The summed E-state index contributed by atoms with van der Waals surface area (Å²) in [6.07, 6.45) is 0. The molecule has 1 heterocycles. The van der Waals surface area contributed by atoms with E-state index in [9.17, 15) is 19.7 Å². The molecule has 30 heavy (non-hydrogen) atoms. The van der Waals surface area contributed by atoms with Crippen molar-refractivity contribution >= 4 is 29.1 Å². The fourth-order valence-electron chi connectivity index (χ4n) is 3.16. The molecule has 0 saturated carbocycles. The van der Waals surface area contributed by atoms with Crippen LogP contribution in [0.1, 0.15) is 27.6 Å². The molecule has 1 aliphatic heterocycles. The van der Waals surface area contributed by atoms with Crippen LogP contribution in [0, 0.1) is 10.1 Å². The number of nitrogens with zero attached hydrogens (tertiary/aromatic N) is 3. The number of rotatable bonds is 10. The molecule has 1 aliphatic rings. The first-order valence-electron chi connectivity index (χ1n) is 9.31. The highest BCUT2D eigenvalue weighted by molar-refractivity contribution is 6.30. The minimum atomic E-state index is -0.965. The molecule has 0 aromatic heterocycles. The quantitative estimate of drug-likeness (QED) is 0.322. The van der Waals surface area contributed by atoms with Crippen LogP contribution in [0.15, 0.2) is 42.5 Å². The summed E-state index contributed by atoms with van der Waals surface area (Å²) in [5.74, 6) is -0.567. The highest BCUT2D eigenvalue weighted by Gasteiger charge is 2.35. The number of fused-ring (bicyclic) bond motifs is 1. The van der Waals surface area contributed by atoms with Crippen LogP contribution < -0.4 is 9.64 Å². The van der Waals surface area contributed by atoms with E-state index in [4.69, 9.17) is 16.3 Å². The highest BCUT2D eigenvalue weighted by atomic mass is 35.5. The summed E-state index contributed by atoms with van der Waals surface area (Å²) < 4.78 is 5.78. The number of likely N-dealkylation sites (N-methyl/N-ethyl adjacent to an activating group) is 1. The Morgan fingerprint density at radius 3 is 2.43 bits per heavy atom. The van der Waals surface area contributed by atoms with Gasteiger partial charge in [0.2, 0.25) is 0 Å². The lowest BCUT2D eigenvalue weighted by Crippen LogP contribution is -2.33. The Kier molecular flexibility index (Phi) is 6.73. The number of ether oxygens (including phenoxy) is 1. The molecule has 0 spiro atoms. The molecule has 0 bridgehead atoms. The van der Waals surface area contributed by atoms with Crippen molar-refractivity contribution < 1.29 is 24.3 Å². The Balaban J connectivity index is 1.60. The summed E-state index contributed by atoms with van der Waals surface area (Å²) in [6, 6.07) is 12.2. The molecule has 158 valence electrons. The predicted molar refractivity (Wildman–Crippen MR) is 110 cm³/mol. The van der Waals surface area contributed by atoms with E-state index >= 15 is 0 Å². The third-order valence-electron chi connectivity index (χ3n) is 4.66. The van der Waals surface area contributed by atoms with Gasteiger partial charge in [0, 0.05) is 17.3 Å². The monoisotopic (exact) mass is 433 g/mol. The largest absolute Gasteiger partial charge is 0.492 e. The Morgan fingerprint density at radius 2 is 1.77 bits per heavy atom. The van der Waals surface area contributed by atoms with Crippen LogP contribution in [0.5, 0.6) is 5.75 Å². The molecule has 0 fully saturated rings. The van der Waals surface area contributed by atoms with Gasteiger partial charge in [-0.1, -0.05) is 11.6 Å². The zero-order chi connectivity index (χ0) is 21.7. The fourth-order valence-corrected chi connectivity index (χ4v) is 3.29. The summed E-state index contributed by atoms with van der Waals surface area (Å²) in [4.78, 5) is 42.3. The van der Waals surface area contributed by atoms with Gasteiger partial charge in [0.15, 0.2) is 0 Å². The summed E-state index contributed by atoms with van der Waals surface area (Å²) in [6.45, 7) is 3.23. The second kappa shape index (κ2) is 9.45. The van der Waals surface area contributed by atoms with E-state index in [1.54, 1.807) is 6.07 Å². The Morgan fingerprint density at radius 1 is 1.07 bits per heavy atom. The molecule has 0 N–H and O–H groups in total. The third-order valence-corrected chi connectivity index (χ3v) is 4.91. The van der Waals surface area contributed by atoms with Crippen molar-refractivity contribution in [3.8, 4) is 5.75 Å². The molecule has 0 aliphatic carbocycles. The number of hydrogen-bond donors (Lipinski definition) is 0. The van der Waals surface area contributed by atoms with E-state index in [1.807, 2.05) is 31.2 Å². The predicted octanol–water partition coefficient (Wildman–Crippen LogP) is 3.05. The first-order chi connectivity index (χ1) is 14.4. The normalized spacial score (nSPS) is 12.7. The number of benzene rings is 2. The molecule has 0 unspecified atom stereocenters. The van der Waals surface area contributed by atoms with Crippen molar-refractivity contribution in [2.24, 2.45) is 0 Å². The molecule has 3 rings (SSSR count). The Hall–Kier alpha value is -3.33. The van der Waals surface area contributed by atoms with Gasteiger partial charge >= 0.3 is 0 Å². The van der Waals surface area contributed by atoms with Gasteiger partial charge in [-0.3, -0.25) is 14.5 Å². The van der Waals surface area contributed by atoms with E-state index in [1.165, 1.54) is 12.1 Å². The average Bonchev–Trinajstić information content (AvgIpc) is 2.96. The topological polar surface area (TPSA) is 102 Å². The number of carbonyl (C=O) groups is 2. The fraction of sp³-hybridized carbons (Fsp3) is 0.300. The van der Waals surface area contributed by atoms with Crippen molar-refractivity contribution in [2.75, 3.05) is 37.7 Å². The van der Waals surface area contributed by atoms with Gasteiger partial charge in [0.1, 0.15) is 19.0 Å². The van der Waals surface area contributed by atoms with Crippen LogP contribution >= 0.6 is 11.6 Å². The summed E-state index contributed by atoms with van der Waals surface area (Å²) in [5.41, 5.74) is 1.47. The number of amides is 2. The van der Waals surface area contributed by atoms with Gasteiger partial charge in [-0.2, -0.15) is 0 Å².